The maximum atomic E-state index is 12.3. The van der Waals surface area contributed by atoms with E-state index in [9.17, 15) is 8.78 Å². The zero-order chi connectivity index (χ0) is 15.2. The van der Waals surface area contributed by atoms with E-state index in [4.69, 9.17) is 16.3 Å². The van der Waals surface area contributed by atoms with Crippen LogP contribution in [0.3, 0.4) is 0 Å². The highest BCUT2D eigenvalue weighted by Crippen LogP contribution is 2.25. The Labute approximate surface area is 125 Å². The van der Waals surface area contributed by atoms with E-state index in [1.54, 1.807) is 24.4 Å². The lowest BCUT2D eigenvalue weighted by molar-refractivity contribution is -0.0504. The van der Waals surface area contributed by atoms with Gasteiger partial charge in [0, 0.05) is 23.2 Å². The molecule has 0 spiro atoms. The second-order valence-electron chi connectivity index (χ2n) is 4.07. The van der Waals surface area contributed by atoms with E-state index in [1.807, 2.05) is 0 Å². The third kappa shape index (κ3) is 4.46. The molecular formula is C14H13ClF2N2O2. The SMILES string of the molecule is COc1ccc(NCc2cc(Cl)ccc2OC(F)F)cn1. The molecule has 0 amide bonds. The van der Waals surface area contributed by atoms with Crippen molar-refractivity contribution < 1.29 is 18.3 Å². The molecule has 0 aliphatic carbocycles. The summed E-state index contributed by atoms with van der Waals surface area (Å²) >= 11 is 5.87. The van der Waals surface area contributed by atoms with Crippen molar-refractivity contribution in [3.05, 3.63) is 47.1 Å². The smallest absolute Gasteiger partial charge is 0.387 e. The van der Waals surface area contributed by atoms with E-state index in [2.05, 4.69) is 15.0 Å². The Hall–Kier alpha value is -2.08. The molecule has 0 aliphatic heterocycles. The average molecular weight is 315 g/mol. The highest BCUT2D eigenvalue weighted by molar-refractivity contribution is 6.30. The minimum atomic E-state index is -2.88. The van der Waals surface area contributed by atoms with Crippen molar-refractivity contribution >= 4 is 17.3 Å². The summed E-state index contributed by atoms with van der Waals surface area (Å²) in [6.45, 7) is -2.61. The monoisotopic (exact) mass is 314 g/mol. The van der Waals surface area contributed by atoms with Crippen molar-refractivity contribution in [3.8, 4) is 11.6 Å². The molecule has 1 aromatic carbocycles. The van der Waals surface area contributed by atoms with Gasteiger partial charge in [-0.3, -0.25) is 0 Å². The fourth-order valence-electron chi connectivity index (χ4n) is 1.70. The molecule has 21 heavy (non-hydrogen) atoms. The van der Waals surface area contributed by atoms with E-state index in [-0.39, 0.29) is 12.3 Å². The van der Waals surface area contributed by atoms with Gasteiger partial charge >= 0.3 is 6.61 Å². The van der Waals surface area contributed by atoms with Gasteiger partial charge in [-0.2, -0.15) is 8.78 Å². The largest absolute Gasteiger partial charge is 0.481 e. The van der Waals surface area contributed by atoms with Crippen LogP contribution >= 0.6 is 11.6 Å². The molecule has 2 aromatic rings. The maximum Gasteiger partial charge on any atom is 0.387 e. The molecule has 0 bridgehead atoms. The Bertz CT molecular complexity index is 594. The van der Waals surface area contributed by atoms with Crippen LogP contribution in [-0.4, -0.2) is 18.7 Å². The first-order valence-electron chi connectivity index (χ1n) is 6.05. The van der Waals surface area contributed by atoms with Gasteiger partial charge in [0.05, 0.1) is 19.0 Å². The Morgan fingerprint density at radius 2 is 2.10 bits per heavy atom. The van der Waals surface area contributed by atoms with Crippen LogP contribution in [0.25, 0.3) is 0 Å². The predicted octanol–water partition coefficient (Wildman–Crippen LogP) is 3.96. The number of hydrogen-bond donors (Lipinski definition) is 1. The van der Waals surface area contributed by atoms with E-state index in [1.165, 1.54) is 19.2 Å². The van der Waals surface area contributed by atoms with Crippen molar-refractivity contribution in [1.29, 1.82) is 0 Å². The summed E-state index contributed by atoms with van der Waals surface area (Å²) in [4.78, 5) is 4.04. The molecule has 0 saturated carbocycles. The molecule has 4 nitrogen and oxygen atoms in total. The summed E-state index contributed by atoms with van der Waals surface area (Å²) in [6, 6.07) is 7.94. The molecule has 2 rings (SSSR count). The van der Waals surface area contributed by atoms with Gasteiger partial charge in [-0.1, -0.05) is 11.6 Å². The molecule has 1 N–H and O–H groups in total. The average Bonchev–Trinajstić information content (AvgIpc) is 2.47. The molecule has 1 aromatic heterocycles. The Morgan fingerprint density at radius 1 is 1.29 bits per heavy atom. The third-order valence-corrected chi connectivity index (χ3v) is 2.90. The normalized spacial score (nSPS) is 10.5. The molecular weight excluding hydrogens is 302 g/mol. The zero-order valence-corrected chi connectivity index (χ0v) is 11.9. The third-order valence-electron chi connectivity index (χ3n) is 2.67. The molecule has 0 fully saturated rings. The Balaban J connectivity index is 2.08. The Kier molecular flexibility index (Phi) is 5.16. The fraction of sp³-hybridized carbons (Fsp3) is 0.214. The van der Waals surface area contributed by atoms with Gasteiger partial charge in [0.25, 0.3) is 0 Å². The van der Waals surface area contributed by atoms with Crippen LogP contribution in [0.1, 0.15) is 5.56 Å². The van der Waals surface area contributed by atoms with E-state index in [0.29, 0.717) is 16.5 Å². The number of aromatic nitrogens is 1. The Morgan fingerprint density at radius 3 is 2.71 bits per heavy atom. The van der Waals surface area contributed by atoms with E-state index < -0.39 is 6.61 Å². The van der Waals surface area contributed by atoms with E-state index in [0.717, 1.165) is 5.69 Å². The van der Waals surface area contributed by atoms with Crippen LogP contribution in [0.4, 0.5) is 14.5 Å². The topological polar surface area (TPSA) is 43.4 Å². The molecule has 0 unspecified atom stereocenters. The van der Waals surface area contributed by atoms with Crippen LogP contribution in [0.2, 0.25) is 5.02 Å². The van der Waals surface area contributed by atoms with Crippen LogP contribution < -0.4 is 14.8 Å². The number of halogens is 3. The van der Waals surface area contributed by atoms with Crippen LogP contribution in [0, 0.1) is 0 Å². The maximum absolute atomic E-state index is 12.3. The van der Waals surface area contributed by atoms with Gasteiger partial charge < -0.3 is 14.8 Å². The van der Waals surface area contributed by atoms with Crippen molar-refractivity contribution in [2.45, 2.75) is 13.2 Å². The van der Waals surface area contributed by atoms with Gasteiger partial charge in [0.1, 0.15) is 5.75 Å². The van der Waals surface area contributed by atoms with E-state index >= 15 is 0 Å². The summed E-state index contributed by atoms with van der Waals surface area (Å²) in [5.41, 5.74) is 1.25. The van der Waals surface area contributed by atoms with Crippen molar-refractivity contribution in [1.82, 2.24) is 4.98 Å². The number of rotatable bonds is 6. The highest BCUT2D eigenvalue weighted by atomic mass is 35.5. The number of methoxy groups -OCH3 is 1. The number of ether oxygens (including phenoxy) is 2. The summed E-state index contributed by atoms with van der Waals surface area (Å²) < 4.78 is 34.1. The lowest BCUT2D eigenvalue weighted by atomic mass is 10.2. The summed E-state index contributed by atoms with van der Waals surface area (Å²) in [7, 11) is 1.52. The number of nitrogens with zero attached hydrogens (tertiary/aromatic N) is 1. The molecule has 7 heteroatoms. The summed E-state index contributed by atoms with van der Waals surface area (Å²) in [5, 5.41) is 3.50. The summed E-state index contributed by atoms with van der Waals surface area (Å²) in [5.74, 6) is 0.577. The van der Waals surface area contributed by atoms with Crippen molar-refractivity contribution in [3.63, 3.8) is 0 Å². The first kappa shape index (κ1) is 15.3. The lowest BCUT2D eigenvalue weighted by Crippen LogP contribution is -2.07. The molecule has 0 atom stereocenters. The van der Waals surface area contributed by atoms with Crippen LogP contribution in [0.15, 0.2) is 36.5 Å². The standard InChI is InChI=1S/C14H13ClF2N2O2/c1-20-13-5-3-11(8-19-13)18-7-9-6-10(15)2-4-12(9)21-14(16)17/h2-6,8,14,18H,7H2,1H3. The van der Waals surface area contributed by atoms with Crippen LogP contribution in [0.5, 0.6) is 11.6 Å². The molecule has 112 valence electrons. The van der Waals surface area contributed by atoms with Gasteiger partial charge in [0.2, 0.25) is 5.88 Å². The first-order chi connectivity index (χ1) is 10.1. The molecule has 0 aliphatic rings. The first-order valence-corrected chi connectivity index (χ1v) is 6.43. The quantitative estimate of drug-likeness (QED) is 0.876. The van der Waals surface area contributed by atoms with Crippen molar-refractivity contribution in [2.75, 3.05) is 12.4 Å². The summed E-state index contributed by atoms with van der Waals surface area (Å²) in [6.07, 6.45) is 1.58. The number of anilines is 1. The van der Waals surface area contributed by atoms with Gasteiger partial charge in [-0.05, 0) is 24.3 Å². The number of nitrogens with one attached hydrogen (secondary N) is 1. The molecule has 0 saturated heterocycles. The highest BCUT2D eigenvalue weighted by Gasteiger charge is 2.10. The molecule has 0 radical (unpaired) electrons. The zero-order valence-electron chi connectivity index (χ0n) is 11.1. The fourth-order valence-corrected chi connectivity index (χ4v) is 1.89. The van der Waals surface area contributed by atoms with Gasteiger partial charge in [-0.25, -0.2) is 4.98 Å². The number of alkyl halides is 2. The van der Waals surface area contributed by atoms with Gasteiger partial charge in [0.15, 0.2) is 0 Å². The lowest BCUT2D eigenvalue weighted by Gasteiger charge is -2.12. The predicted molar refractivity (Wildman–Crippen MR) is 76.2 cm³/mol. The minimum absolute atomic E-state index is 0.0865. The minimum Gasteiger partial charge on any atom is -0.481 e. The number of pyridine rings is 1. The second-order valence-corrected chi connectivity index (χ2v) is 4.51. The van der Waals surface area contributed by atoms with Crippen molar-refractivity contribution in [2.24, 2.45) is 0 Å². The molecule has 1 heterocycles. The van der Waals surface area contributed by atoms with Gasteiger partial charge in [-0.15, -0.1) is 0 Å². The van der Waals surface area contributed by atoms with Crippen LogP contribution in [-0.2, 0) is 6.54 Å². The number of hydrogen-bond acceptors (Lipinski definition) is 4. The second kappa shape index (κ2) is 7.08. The number of benzene rings is 1.